The summed E-state index contributed by atoms with van der Waals surface area (Å²) in [6.45, 7) is 1.87. The molecular formula is C13H15N3O2. The molecular weight excluding hydrogens is 230 g/mol. The van der Waals surface area contributed by atoms with E-state index in [9.17, 15) is 9.59 Å². The molecule has 1 aliphatic heterocycles. The number of nitrogens with one attached hydrogen (secondary N) is 3. The van der Waals surface area contributed by atoms with Crippen LogP contribution in [0, 0.1) is 5.92 Å². The number of carbonyl (C=O) groups excluding carboxylic acids is 2. The number of fused-ring (bicyclic) bond motifs is 1. The van der Waals surface area contributed by atoms with Gasteiger partial charge < -0.3 is 16.0 Å². The monoisotopic (exact) mass is 245 g/mol. The van der Waals surface area contributed by atoms with E-state index in [0.717, 1.165) is 18.5 Å². The van der Waals surface area contributed by atoms with Crippen molar-refractivity contribution in [1.29, 1.82) is 0 Å². The Balaban J connectivity index is 1.92. The van der Waals surface area contributed by atoms with Gasteiger partial charge >= 0.3 is 0 Å². The van der Waals surface area contributed by atoms with E-state index in [1.165, 1.54) is 0 Å². The van der Waals surface area contributed by atoms with Crippen molar-refractivity contribution in [3.8, 4) is 0 Å². The molecule has 1 atom stereocenters. The fourth-order valence-electron chi connectivity index (χ4n) is 2.14. The molecule has 1 heterocycles. The second kappa shape index (κ2) is 4.01. The fourth-order valence-corrected chi connectivity index (χ4v) is 2.14. The van der Waals surface area contributed by atoms with Crippen LogP contribution in [0.5, 0.6) is 0 Å². The molecule has 1 saturated carbocycles. The van der Waals surface area contributed by atoms with E-state index in [4.69, 9.17) is 0 Å². The molecule has 1 aromatic carbocycles. The number of hydrogen-bond donors (Lipinski definition) is 3. The van der Waals surface area contributed by atoms with Gasteiger partial charge in [-0.1, -0.05) is 6.07 Å². The fraction of sp³-hybridized carbons (Fsp3) is 0.385. The zero-order valence-corrected chi connectivity index (χ0v) is 10.1. The van der Waals surface area contributed by atoms with Crippen LogP contribution >= 0.6 is 0 Å². The summed E-state index contributed by atoms with van der Waals surface area (Å²) in [5.41, 5.74) is 1.87. The van der Waals surface area contributed by atoms with E-state index < -0.39 is 0 Å². The maximum atomic E-state index is 12.0. The van der Waals surface area contributed by atoms with Gasteiger partial charge in [0.05, 0.1) is 23.1 Å². The van der Waals surface area contributed by atoms with Gasteiger partial charge in [0.1, 0.15) is 0 Å². The first-order valence-corrected chi connectivity index (χ1v) is 6.16. The Hall–Kier alpha value is -2.04. The Morgan fingerprint density at radius 3 is 2.83 bits per heavy atom. The summed E-state index contributed by atoms with van der Waals surface area (Å²) in [7, 11) is 0. The van der Waals surface area contributed by atoms with Crippen LogP contribution in [0.25, 0.3) is 0 Å². The van der Waals surface area contributed by atoms with Crippen LogP contribution in [0.4, 0.5) is 11.4 Å². The second-order valence-corrected chi connectivity index (χ2v) is 4.83. The first kappa shape index (κ1) is 11.1. The molecule has 3 rings (SSSR count). The average Bonchev–Trinajstić information content (AvgIpc) is 3.11. The normalized spacial score (nSPS) is 21.6. The molecule has 0 bridgehead atoms. The van der Waals surface area contributed by atoms with E-state index in [0.29, 0.717) is 11.3 Å². The maximum Gasteiger partial charge on any atom is 0.257 e. The minimum absolute atomic E-state index is 0.00909. The third kappa shape index (κ3) is 1.92. The van der Waals surface area contributed by atoms with Crippen molar-refractivity contribution >= 4 is 23.2 Å². The highest BCUT2D eigenvalue weighted by molar-refractivity contribution is 6.09. The largest absolute Gasteiger partial charge is 0.365 e. The minimum atomic E-state index is -0.150. The Kier molecular flexibility index (Phi) is 2.47. The van der Waals surface area contributed by atoms with Crippen LogP contribution < -0.4 is 16.0 Å². The summed E-state index contributed by atoms with van der Waals surface area (Å²) in [6.07, 6.45) is 1.80. The van der Waals surface area contributed by atoms with Gasteiger partial charge in [-0.15, -0.1) is 0 Å². The highest BCUT2D eigenvalue weighted by Gasteiger charge is 2.31. The van der Waals surface area contributed by atoms with Crippen LogP contribution in [-0.2, 0) is 4.79 Å². The number of hydrogen-bond acceptors (Lipinski definition) is 3. The molecule has 1 unspecified atom stereocenters. The lowest BCUT2D eigenvalue weighted by molar-refractivity contribution is -0.117. The van der Waals surface area contributed by atoms with Crippen LogP contribution in [0.3, 0.4) is 0 Å². The standard InChI is InChI=1S/C13H15N3O2/c1-7-14-9-3-2-4-10(11(9)13(18)15-7)16-12(17)8-5-6-8/h2-4,7-8,14H,5-6H2,1H3,(H,15,18)(H,16,17). The van der Waals surface area contributed by atoms with Crippen molar-refractivity contribution in [2.24, 2.45) is 5.92 Å². The lowest BCUT2D eigenvalue weighted by atomic mass is 10.1. The molecule has 0 aromatic heterocycles. The second-order valence-electron chi connectivity index (χ2n) is 4.83. The smallest absolute Gasteiger partial charge is 0.257 e. The van der Waals surface area contributed by atoms with Gasteiger partial charge in [0.25, 0.3) is 5.91 Å². The van der Waals surface area contributed by atoms with Crippen LogP contribution in [0.15, 0.2) is 18.2 Å². The summed E-state index contributed by atoms with van der Waals surface area (Å²) in [6, 6.07) is 5.44. The zero-order valence-electron chi connectivity index (χ0n) is 10.1. The summed E-state index contributed by atoms with van der Waals surface area (Å²) < 4.78 is 0. The lowest BCUT2D eigenvalue weighted by Gasteiger charge is -2.26. The topological polar surface area (TPSA) is 70.2 Å². The molecule has 1 aromatic rings. The van der Waals surface area contributed by atoms with Crippen LogP contribution in [0.2, 0.25) is 0 Å². The van der Waals surface area contributed by atoms with Crippen molar-refractivity contribution in [3.05, 3.63) is 23.8 Å². The number of carbonyl (C=O) groups is 2. The first-order chi connectivity index (χ1) is 8.65. The van der Waals surface area contributed by atoms with Gasteiger partial charge in [-0.2, -0.15) is 0 Å². The van der Waals surface area contributed by atoms with E-state index in [2.05, 4.69) is 16.0 Å². The molecule has 94 valence electrons. The van der Waals surface area contributed by atoms with Gasteiger partial charge in [0, 0.05) is 5.92 Å². The summed E-state index contributed by atoms with van der Waals surface area (Å²) in [5, 5.41) is 8.80. The van der Waals surface area contributed by atoms with E-state index in [1.54, 1.807) is 6.07 Å². The summed E-state index contributed by atoms with van der Waals surface area (Å²) in [5.74, 6) is -0.0165. The van der Waals surface area contributed by atoms with E-state index >= 15 is 0 Å². The van der Waals surface area contributed by atoms with E-state index in [1.807, 2.05) is 19.1 Å². The Morgan fingerprint density at radius 1 is 1.33 bits per heavy atom. The molecule has 1 aliphatic carbocycles. The van der Waals surface area contributed by atoms with Gasteiger partial charge in [-0.25, -0.2) is 0 Å². The highest BCUT2D eigenvalue weighted by Crippen LogP contribution is 2.32. The summed E-state index contributed by atoms with van der Waals surface area (Å²) >= 11 is 0. The van der Waals surface area contributed by atoms with Gasteiger partial charge in [0.2, 0.25) is 5.91 Å². The Bertz CT molecular complexity index is 523. The number of amides is 2. The van der Waals surface area contributed by atoms with Crippen molar-refractivity contribution in [2.75, 3.05) is 10.6 Å². The third-order valence-electron chi connectivity index (χ3n) is 3.22. The van der Waals surface area contributed by atoms with E-state index in [-0.39, 0.29) is 23.9 Å². The molecule has 2 amide bonds. The van der Waals surface area contributed by atoms with Crippen molar-refractivity contribution in [2.45, 2.75) is 25.9 Å². The predicted molar refractivity (Wildman–Crippen MR) is 68.3 cm³/mol. The van der Waals surface area contributed by atoms with Gasteiger partial charge in [0.15, 0.2) is 0 Å². The number of anilines is 2. The Labute approximate surface area is 105 Å². The van der Waals surface area contributed by atoms with Crippen molar-refractivity contribution in [3.63, 3.8) is 0 Å². The lowest BCUT2D eigenvalue weighted by Crippen LogP contribution is -2.43. The highest BCUT2D eigenvalue weighted by atomic mass is 16.2. The number of rotatable bonds is 2. The Morgan fingerprint density at radius 2 is 2.11 bits per heavy atom. The minimum Gasteiger partial charge on any atom is -0.365 e. The third-order valence-corrected chi connectivity index (χ3v) is 3.22. The summed E-state index contributed by atoms with van der Waals surface area (Å²) in [4.78, 5) is 23.7. The van der Waals surface area contributed by atoms with Crippen molar-refractivity contribution < 1.29 is 9.59 Å². The maximum absolute atomic E-state index is 12.0. The molecule has 5 heteroatoms. The zero-order chi connectivity index (χ0) is 12.7. The van der Waals surface area contributed by atoms with Crippen LogP contribution in [-0.4, -0.2) is 18.0 Å². The first-order valence-electron chi connectivity index (χ1n) is 6.16. The predicted octanol–water partition coefficient (Wildman–Crippen LogP) is 1.54. The molecule has 3 N–H and O–H groups in total. The van der Waals surface area contributed by atoms with Crippen molar-refractivity contribution in [1.82, 2.24) is 5.32 Å². The number of benzene rings is 1. The van der Waals surface area contributed by atoms with Crippen LogP contribution in [0.1, 0.15) is 30.1 Å². The molecule has 1 fully saturated rings. The molecule has 0 radical (unpaired) electrons. The molecule has 5 nitrogen and oxygen atoms in total. The van der Waals surface area contributed by atoms with Gasteiger partial charge in [-0.3, -0.25) is 9.59 Å². The molecule has 0 saturated heterocycles. The SMILES string of the molecule is CC1NC(=O)c2c(NC(=O)C3CC3)cccc2N1. The molecule has 2 aliphatic rings. The molecule has 18 heavy (non-hydrogen) atoms. The molecule has 0 spiro atoms. The average molecular weight is 245 g/mol. The van der Waals surface area contributed by atoms with Gasteiger partial charge in [-0.05, 0) is 31.9 Å². The quantitative estimate of drug-likeness (QED) is 0.740.